The molecule has 1 aromatic rings. The summed E-state index contributed by atoms with van der Waals surface area (Å²) in [5.41, 5.74) is 1.14. The predicted octanol–water partition coefficient (Wildman–Crippen LogP) is 3.86. The van der Waals surface area contributed by atoms with Crippen LogP contribution in [0.15, 0.2) is 24.3 Å². The minimum Gasteiger partial charge on any atom is -0.353 e. The lowest BCUT2D eigenvalue weighted by molar-refractivity contribution is -0.127. The number of hydrogen-bond acceptors (Lipinski definition) is 2. The van der Waals surface area contributed by atoms with Gasteiger partial charge in [0.2, 0.25) is 5.91 Å². The number of amides is 1. The molecule has 4 heteroatoms. The largest absolute Gasteiger partial charge is 0.353 e. The topological polar surface area (TPSA) is 32.3 Å². The number of nitrogens with zero attached hydrogens (tertiary/aromatic N) is 1. The van der Waals surface area contributed by atoms with Crippen LogP contribution in [0.5, 0.6) is 0 Å². The molecule has 0 aromatic heterocycles. The van der Waals surface area contributed by atoms with Crippen LogP contribution < -0.4 is 5.32 Å². The molecule has 0 radical (unpaired) electrons. The molecule has 122 valence electrons. The molecule has 1 aliphatic rings. The fourth-order valence-corrected chi connectivity index (χ4v) is 3.29. The number of hydrogen-bond donors (Lipinski definition) is 1. The average molecular weight is 323 g/mol. The molecule has 0 aliphatic carbocycles. The Bertz CT molecular complexity index is 488. The van der Waals surface area contributed by atoms with Crippen molar-refractivity contribution in [3.63, 3.8) is 0 Å². The van der Waals surface area contributed by atoms with Gasteiger partial charge in [0, 0.05) is 24.2 Å². The van der Waals surface area contributed by atoms with Crippen LogP contribution in [0.3, 0.4) is 0 Å². The van der Waals surface area contributed by atoms with Crippen molar-refractivity contribution in [2.45, 2.75) is 52.1 Å². The van der Waals surface area contributed by atoms with E-state index in [9.17, 15) is 4.79 Å². The van der Waals surface area contributed by atoms with E-state index in [0.717, 1.165) is 55.9 Å². The van der Waals surface area contributed by atoms with E-state index < -0.39 is 0 Å². The highest BCUT2D eigenvalue weighted by Gasteiger charge is 2.26. The van der Waals surface area contributed by atoms with E-state index in [1.54, 1.807) is 0 Å². The van der Waals surface area contributed by atoms with E-state index in [-0.39, 0.29) is 11.8 Å². The van der Waals surface area contributed by atoms with Crippen LogP contribution in [0, 0.1) is 5.92 Å². The van der Waals surface area contributed by atoms with Crippen LogP contribution in [0.4, 0.5) is 0 Å². The second-order valence-corrected chi connectivity index (χ2v) is 6.59. The van der Waals surface area contributed by atoms with Gasteiger partial charge in [-0.3, -0.25) is 9.69 Å². The summed E-state index contributed by atoms with van der Waals surface area (Å²) >= 11 is 6.24. The van der Waals surface area contributed by atoms with Gasteiger partial charge in [0.1, 0.15) is 0 Å². The van der Waals surface area contributed by atoms with E-state index in [4.69, 9.17) is 11.6 Å². The van der Waals surface area contributed by atoms with Gasteiger partial charge in [-0.2, -0.15) is 0 Å². The highest BCUT2D eigenvalue weighted by atomic mass is 35.5. The summed E-state index contributed by atoms with van der Waals surface area (Å²) in [4.78, 5) is 14.8. The minimum absolute atomic E-state index is 0.108. The number of halogens is 1. The molecule has 1 amide bonds. The van der Waals surface area contributed by atoms with E-state index >= 15 is 0 Å². The van der Waals surface area contributed by atoms with Crippen molar-refractivity contribution in [1.29, 1.82) is 0 Å². The third kappa shape index (κ3) is 4.72. The van der Waals surface area contributed by atoms with Gasteiger partial charge in [-0.15, -0.1) is 0 Å². The molecule has 1 unspecified atom stereocenters. The zero-order valence-electron chi connectivity index (χ0n) is 13.6. The summed E-state index contributed by atoms with van der Waals surface area (Å²) < 4.78 is 0. The number of rotatable bonds is 6. The third-order valence-electron chi connectivity index (χ3n) is 4.56. The van der Waals surface area contributed by atoms with Crippen molar-refractivity contribution in [2.24, 2.45) is 5.92 Å². The maximum absolute atomic E-state index is 12.4. The second-order valence-electron chi connectivity index (χ2n) is 6.19. The standard InChI is InChI=1S/C18H27ClN2O/c1-3-16(4-2)20-18(22)15-9-7-11-21(13-15)12-14-8-5-6-10-17(14)19/h5-6,8,10,15-16H,3-4,7,9,11-13H2,1-2H3,(H,20,22). The Morgan fingerprint density at radius 3 is 2.77 bits per heavy atom. The molecule has 0 bridgehead atoms. The first-order valence-electron chi connectivity index (χ1n) is 8.40. The second kappa shape index (κ2) is 8.54. The van der Waals surface area contributed by atoms with Gasteiger partial charge in [-0.25, -0.2) is 0 Å². The van der Waals surface area contributed by atoms with Gasteiger partial charge in [0.05, 0.1) is 5.92 Å². The number of carbonyl (C=O) groups is 1. The Morgan fingerprint density at radius 1 is 1.36 bits per heavy atom. The van der Waals surface area contributed by atoms with Crippen molar-refractivity contribution >= 4 is 17.5 Å². The molecule has 2 rings (SSSR count). The summed E-state index contributed by atoms with van der Waals surface area (Å²) in [6, 6.07) is 8.27. The Kier molecular flexibility index (Phi) is 6.71. The van der Waals surface area contributed by atoms with Crippen LogP contribution in [0.2, 0.25) is 5.02 Å². The highest BCUT2D eigenvalue weighted by molar-refractivity contribution is 6.31. The molecule has 1 aromatic carbocycles. The van der Waals surface area contributed by atoms with Crippen LogP contribution in [0.25, 0.3) is 0 Å². The SMILES string of the molecule is CCC(CC)NC(=O)C1CCCN(Cc2ccccc2Cl)C1. The van der Waals surface area contributed by atoms with E-state index in [1.807, 2.05) is 18.2 Å². The lowest BCUT2D eigenvalue weighted by Crippen LogP contribution is -2.45. The lowest BCUT2D eigenvalue weighted by atomic mass is 9.96. The quantitative estimate of drug-likeness (QED) is 0.862. The Labute approximate surface area is 139 Å². The van der Waals surface area contributed by atoms with Gasteiger partial charge in [0.15, 0.2) is 0 Å². The summed E-state index contributed by atoms with van der Waals surface area (Å²) in [6.45, 7) is 6.95. The zero-order valence-corrected chi connectivity index (χ0v) is 14.4. The van der Waals surface area contributed by atoms with Gasteiger partial charge < -0.3 is 5.32 Å². The summed E-state index contributed by atoms with van der Waals surface area (Å²) in [5.74, 6) is 0.328. The zero-order chi connectivity index (χ0) is 15.9. The first kappa shape index (κ1) is 17.3. The normalized spacial score (nSPS) is 19.4. The molecule has 1 saturated heterocycles. The number of piperidine rings is 1. The van der Waals surface area contributed by atoms with E-state index in [0.29, 0.717) is 6.04 Å². The number of nitrogens with one attached hydrogen (secondary N) is 1. The van der Waals surface area contributed by atoms with Gasteiger partial charge in [0.25, 0.3) is 0 Å². The Hall–Kier alpha value is -1.06. The average Bonchev–Trinajstić information content (AvgIpc) is 2.55. The Balaban J connectivity index is 1.91. The minimum atomic E-state index is 0.108. The van der Waals surface area contributed by atoms with Crippen LogP contribution in [-0.2, 0) is 11.3 Å². The highest BCUT2D eigenvalue weighted by Crippen LogP contribution is 2.22. The molecule has 1 fully saturated rings. The lowest BCUT2D eigenvalue weighted by Gasteiger charge is -2.33. The first-order valence-corrected chi connectivity index (χ1v) is 8.78. The Morgan fingerprint density at radius 2 is 2.09 bits per heavy atom. The fourth-order valence-electron chi connectivity index (χ4n) is 3.09. The van der Waals surface area contributed by atoms with Crippen molar-refractivity contribution < 1.29 is 4.79 Å². The van der Waals surface area contributed by atoms with Crippen LogP contribution >= 0.6 is 11.6 Å². The van der Waals surface area contributed by atoms with Crippen LogP contribution in [0.1, 0.15) is 45.1 Å². The number of benzene rings is 1. The molecule has 0 saturated carbocycles. The smallest absolute Gasteiger partial charge is 0.224 e. The molecule has 1 aliphatic heterocycles. The van der Waals surface area contributed by atoms with Crippen molar-refractivity contribution in [3.05, 3.63) is 34.9 Å². The molecular formula is C18H27ClN2O. The summed E-state index contributed by atoms with van der Waals surface area (Å²) in [5, 5.41) is 4.00. The summed E-state index contributed by atoms with van der Waals surface area (Å²) in [7, 11) is 0. The number of carbonyl (C=O) groups excluding carboxylic acids is 1. The van der Waals surface area contributed by atoms with Gasteiger partial charge in [-0.05, 0) is 43.9 Å². The van der Waals surface area contributed by atoms with E-state index in [1.165, 1.54) is 0 Å². The van der Waals surface area contributed by atoms with Gasteiger partial charge >= 0.3 is 0 Å². The van der Waals surface area contributed by atoms with Crippen molar-refractivity contribution in [1.82, 2.24) is 10.2 Å². The van der Waals surface area contributed by atoms with E-state index in [2.05, 4.69) is 30.1 Å². The fraction of sp³-hybridized carbons (Fsp3) is 0.611. The molecule has 0 spiro atoms. The molecule has 1 N–H and O–H groups in total. The monoisotopic (exact) mass is 322 g/mol. The van der Waals surface area contributed by atoms with Crippen LogP contribution in [-0.4, -0.2) is 29.9 Å². The maximum Gasteiger partial charge on any atom is 0.224 e. The molecular weight excluding hydrogens is 296 g/mol. The van der Waals surface area contributed by atoms with Crippen molar-refractivity contribution in [2.75, 3.05) is 13.1 Å². The maximum atomic E-state index is 12.4. The molecule has 1 heterocycles. The predicted molar refractivity (Wildman–Crippen MR) is 92.0 cm³/mol. The first-order chi connectivity index (χ1) is 10.6. The molecule has 1 atom stereocenters. The molecule has 22 heavy (non-hydrogen) atoms. The summed E-state index contributed by atoms with van der Waals surface area (Å²) in [6.07, 6.45) is 4.06. The van der Waals surface area contributed by atoms with Crippen molar-refractivity contribution in [3.8, 4) is 0 Å². The molecule has 3 nitrogen and oxygen atoms in total. The third-order valence-corrected chi connectivity index (χ3v) is 4.93. The number of likely N-dealkylation sites (tertiary alicyclic amines) is 1. The van der Waals surface area contributed by atoms with Gasteiger partial charge in [-0.1, -0.05) is 43.6 Å².